The zero-order valence-corrected chi connectivity index (χ0v) is 27.5. The molecule has 0 aromatic heterocycles. The number of rotatable bonds is 8. The fourth-order valence-corrected chi connectivity index (χ4v) is 6.11. The van der Waals surface area contributed by atoms with Gasteiger partial charge in [-0.05, 0) is 74.7 Å². The van der Waals surface area contributed by atoms with Crippen molar-refractivity contribution in [2.75, 3.05) is 0 Å². The van der Waals surface area contributed by atoms with E-state index < -0.39 is 0 Å². The van der Waals surface area contributed by atoms with E-state index in [1.165, 1.54) is 38.9 Å². The van der Waals surface area contributed by atoms with Gasteiger partial charge < -0.3 is 0 Å². The SMILES string of the molecule is C=C(N=C(N=C(C)c1ccc(-c2c(-c3ccccc3)cc(-c3ccccc3)cc2-c2ccccc2)cc1)c1ccccc1)c1ccccc1. The summed E-state index contributed by atoms with van der Waals surface area (Å²) in [6, 6.07) is 65.5. The Morgan fingerprint density at radius 1 is 0.388 bits per heavy atom. The van der Waals surface area contributed by atoms with Gasteiger partial charge in [0.25, 0.3) is 0 Å². The second-order valence-corrected chi connectivity index (χ2v) is 11.9. The molecule has 234 valence electrons. The third-order valence-corrected chi connectivity index (χ3v) is 8.66. The summed E-state index contributed by atoms with van der Waals surface area (Å²) in [6.45, 7) is 6.29. The van der Waals surface area contributed by atoms with Crippen molar-refractivity contribution < 1.29 is 0 Å². The Morgan fingerprint density at radius 2 is 0.816 bits per heavy atom. The molecule has 0 bridgehead atoms. The minimum Gasteiger partial charge on any atom is -0.233 e. The molecule has 49 heavy (non-hydrogen) atoms. The van der Waals surface area contributed by atoms with Crippen LogP contribution in [-0.2, 0) is 0 Å². The highest BCUT2D eigenvalue weighted by Crippen LogP contribution is 2.43. The summed E-state index contributed by atoms with van der Waals surface area (Å²) in [5, 5.41) is 0. The van der Waals surface area contributed by atoms with Crippen LogP contribution in [0.2, 0.25) is 0 Å². The molecule has 0 N–H and O–H groups in total. The topological polar surface area (TPSA) is 24.7 Å². The maximum Gasteiger partial charge on any atom is 0.160 e. The minimum absolute atomic E-state index is 0.630. The summed E-state index contributed by atoms with van der Waals surface area (Å²) in [4.78, 5) is 9.97. The van der Waals surface area contributed by atoms with Crippen molar-refractivity contribution in [3.63, 3.8) is 0 Å². The normalized spacial score (nSPS) is 11.7. The van der Waals surface area contributed by atoms with Crippen LogP contribution >= 0.6 is 0 Å². The third-order valence-electron chi connectivity index (χ3n) is 8.66. The number of amidine groups is 1. The number of hydrogen-bond acceptors (Lipinski definition) is 1. The van der Waals surface area contributed by atoms with Crippen LogP contribution in [0.1, 0.15) is 23.6 Å². The molecule has 2 nitrogen and oxygen atoms in total. The predicted molar refractivity (Wildman–Crippen MR) is 209 cm³/mol. The molecule has 0 saturated carbocycles. The van der Waals surface area contributed by atoms with Gasteiger partial charge in [0.1, 0.15) is 0 Å². The molecule has 0 heterocycles. The molecule has 0 aliphatic carbocycles. The molecular weight excluding hydrogens is 593 g/mol. The van der Waals surface area contributed by atoms with Gasteiger partial charge in [-0.3, -0.25) is 0 Å². The molecule has 0 fully saturated rings. The first-order valence-corrected chi connectivity index (χ1v) is 16.5. The van der Waals surface area contributed by atoms with Crippen LogP contribution in [0.3, 0.4) is 0 Å². The number of hydrogen-bond donors (Lipinski definition) is 0. The number of aliphatic imine (C=N–C) groups is 2. The number of nitrogens with zero attached hydrogens (tertiary/aromatic N) is 2. The molecule has 0 saturated heterocycles. The molecular formula is C47H36N2. The van der Waals surface area contributed by atoms with Gasteiger partial charge in [-0.25, -0.2) is 9.98 Å². The van der Waals surface area contributed by atoms with Gasteiger partial charge in [-0.15, -0.1) is 0 Å². The van der Waals surface area contributed by atoms with E-state index in [9.17, 15) is 0 Å². The lowest BCUT2D eigenvalue weighted by atomic mass is 9.84. The van der Waals surface area contributed by atoms with Gasteiger partial charge in [-0.1, -0.05) is 183 Å². The monoisotopic (exact) mass is 628 g/mol. The molecule has 0 atom stereocenters. The van der Waals surface area contributed by atoms with E-state index in [4.69, 9.17) is 9.98 Å². The molecule has 2 heteroatoms. The van der Waals surface area contributed by atoms with Crippen LogP contribution in [0.15, 0.2) is 205 Å². The Kier molecular flexibility index (Phi) is 9.30. The second kappa shape index (κ2) is 14.6. The van der Waals surface area contributed by atoms with Gasteiger partial charge in [0, 0.05) is 11.3 Å². The van der Waals surface area contributed by atoms with Crippen molar-refractivity contribution in [1.29, 1.82) is 0 Å². The van der Waals surface area contributed by atoms with E-state index in [-0.39, 0.29) is 0 Å². The highest BCUT2D eigenvalue weighted by molar-refractivity contribution is 6.13. The van der Waals surface area contributed by atoms with E-state index in [1.54, 1.807) is 0 Å². The van der Waals surface area contributed by atoms with Crippen LogP contribution in [-0.4, -0.2) is 11.5 Å². The molecule has 7 aromatic rings. The Bertz CT molecular complexity index is 2170. The summed E-state index contributed by atoms with van der Waals surface area (Å²) < 4.78 is 0. The zero-order valence-electron chi connectivity index (χ0n) is 27.5. The quantitative estimate of drug-likeness (QED) is 0.118. The Morgan fingerprint density at radius 3 is 1.31 bits per heavy atom. The first-order valence-electron chi connectivity index (χ1n) is 16.5. The minimum atomic E-state index is 0.630. The Hall–Kier alpha value is -6.38. The summed E-state index contributed by atoms with van der Waals surface area (Å²) in [6.07, 6.45) is 0. The fourth-order valence-electron chi connectivity index (χ4n) is 6.11. The van der Waals surface area contributed by atoms with Gasteiger partial charge >= 0.3 is 0 Å². The summed E-state index contributed by atoms with van der Waals surface area (Å²) in [5.74, 6) is 0.630. The standard InChI is InChI=1S/C47H36N2/c1-34(36-18-8-3-9-19-36)48-47(42-26-16-7-17-27-42)49-35(2)37-28-30-41(31-29-37)46-44(39-22-12-5-13-23-39)32-43(38-20-10-4-11-21-38)33-45(46)40-24-14-6-15-25-40/h3-33H,1H2,2H3. The average Bonchev–Trinajstić information content (AvgIpc) is 3.19. The van der Waals surface area contributed by atoms with Crippen molar-refractivity contribution in [3.8, 4) is 44.5 Å². The average molecular weight is 629 g/mol. The molecule has 0 aliphatic rings. The van der Waals surface area contributed by atoms with E-state index in [0.717, 1.165) is 28.0 Å². The molecule has 0 amide bonds. The zero-order chi connectivity index (χ0) is 33.4. The second-order valence-electron chi connectivity index (χ2n) is 11.9. The van der Waals surface area contributed by atoms with Crippen LogP contribution in [0.5, 0.6) is 0 Å². The molecule has 0 spiro atoms. The van der Waals surface area contributed by atoms with E-state index in [0.29, 0.717) is 11.5 Å². The van der Waals surface area contributed by atoms with Gasteiger partial charge in [-0.2, -0.15) is 0 Å². The van der Waals surface area contributed by atoms with Crippen LogP contribution in [0, 0.1) is 0 Å². The molecule has 0 aliphatic heterocycles. The molecule has 7 rings (SSSR count). The maximum absolute atomic E-state index is 5.07. The van der Waals surface area contributed by atoms with E-state index >= 15 is 0 Å². The van der Waals surface area contributed by atoms with Gasteiger partial charge in [0.05, 0.1) is 5.70 Å². The van der Waals surface area contributed by atoms with Crippen molar-refractivity contribution in [1.82, 2.24) is 0 Å². The highest BCUT2D eigenvalue weighted by atomic mass is 14.9. The van der Waals surface area contributed by atoms with Crippen molar-refractivity contribution in [3.05, 3.63) is 211 Å². The molecule has 0 radical (unpaired) electrons. The largest absolute Gasteiger partial charge is 0.233 e. The van der Waals surface area contributed by atoms with E-state index in [2.05, 4.69) is 134 Å². The molecule has 0 unspecified atom stereocenters. The van der Waals surface area contributed by atoms with Crippen LogP contribution in [0.4, 0.5) is 0 Å². The Labute approximate surface area is 289 Å². The fraction of sp³-hybridized carbons (Fsp3) is 0.0213. The summed E-state index contributed by atoms with van der Waals surface area (Å²) >= 11 is 0. The predicted octanol–water partition coefficient (Wildman–Crippen LogP) is 12.3. The van der Waals surface area contributed by atoms with Crippen molar-refractivity contribution >= 4 is 17.2 Å². The van der Waals surface area contributed by atoms with E-state index in [1.807, 2.05) is 67.6 Å². The smallest absolute Gasteiger partial charge is 0.160 e. The van der Waals surface area contributed by atoms with Crippen molar-refractivity contribution in [2.24, 2.45) is 9.98 Å². The summed E-state index contributed by atoms with van der Waals surface area (Å²) in [7, 11) is 0. The third kappa shape index (κ3) is 7.15. The van der Waals surface area contributed by atoms with Crippen LogP contribution in [0.25, 0.3) is 50.2 Å². The van der Waals surface area contributed by atoms with Gasteiger partial charge in [0.2, 0.25) is 0 Å². The maximum atomic E-state index is 5.07. The Balaban J connectivity index is 1.34. The first-order chi connectivity index (χ1) is 24.1. The summed E-state index contributed by atoms with van der Waals surface area (Å²) in [5.41, 5.74) is 13.9. The highest BCUT2D eigenvalue weighted by Gasteiger charge is 2.17. The first kappa shape index (κ1) is 31.2. The lowest BCUT2D eigenvalue weighted by Gasteiger charge is -2.19. The number of benzene rings is 7. The van der Waals surface area contributed by atoms with Gasteiger partial charge in [0.15, 0.2) is 5.84 Å². The van der Waals surface area contributed by atoms with Crippen molar-refractivity contribution in [2.45, 2.75) is 6.92 Å². The molecule has 7 aromatic carbocycles. The van der Waals surface area contributed by atoms with Crippen LogP contribution < -0.4 is 0 Å². The lowest BCUT2D eigenvalue weighted by Crippen LogP contribution is -2.04. The lowest BCUT2D eigenvalue weighted by molar-refractivity contribution is 1.44.